The number of hydrogen-bond donors (Lipinski definition) is 0. The largest absolute Gasteiger partial charge is 0.472 e. The third kappa shape index (κ3) is 4.47. The van der Waals surface area contributed by atoms with Crippen LogP contribution in [0.25, 0.3) is 17.5 Å². The zero-order valence-electron chi connectivity index (χ0n) is 15.5. The molecular weight excluding hydrogens is 416 g/mol. The van der Waals surface area contributed by atoms with Crippen LogP contribution in [0, 0.1) is 0 Å². The van der Waals surface area contributed by atoms with Gasteiger partial charge in [-0.1, -0.05) is 18.7 Å². The average molecular weight is 431 g/mol. The number of hydrogen-bond acceptors (Lipinski definition) is 4. The van der Waals surface area contributed by atoms with E-state index in [1.807, 2.05) is 0 Å². The highest BCUT2D eigenvalue weighted by Gasteiger charge is 2.38. The zero-order valence-corrected chi connectivity index (χ0v) is 15.5. The van der Waals surface area contributed by atoms with Crippen LogP contribution in [0.4, 0.5) is 26.3 Å². The summed E-state index contributed by atoms with van der Waals surface area (Å²) in [5, 5.41) is 7.11. The van der Waals surface area contributed by atoms with Gasteiger partial charge in [0.15, 0.2) is 5.69 Å². The van der Waals surface area contributed by atoms with Gasteiger partial charge in [0.1, 0.15) is 13.2 Å². The van der Waals surface area contributed by atoms with Crippen molar-refractivity contribution in [3.8, 4) is 17.3 Å². The second-order valence-corrected chi connectivity index (χ2v) is 6.18. The lowest BCUT2D eigenvalue weighted by Gasteiger charge is -2.13. The summed E-state index contributed by atoms with van der Waals surface area (Å²) in [7, 11) is 1.28. The summed E-state index contributed by atoms with van der Waals surface area (Å²) < 4.78 is 85.0. The van der Waals surface area contributed by atoms with Gasteiger partial charge in [-0.3, -0.25) is 9.67 Å². The van der Waals surface area contributed by atoms with Crippen LogP contribution in [0.5, 0.6) is 5.88 Å². The second-order valence-electron chi connectivity index (χ2n) is 6.18. The Morgan fingerprint density at radius 1 is 1.13 bits per heavy atom. The van der Waals surface area contributed by atoms with Crippen LogP contribution < -0.4 is 4.74 Å². The lowest BCUT2D eigenvalue weighted by atomic mass is 10.1. The Morgan fingerprint density at radius 2 is 1.87 bits per heavy atom. The number of aryl methyl sites for hydroxylation is 1. The number of halogens is 6. The predicted molar refractivity (Wildman–Crippen MR) is 94.1 cm³/mol. The van der Waals surface area contributed by atoms with E-state index >= 15 is 0 Å². The number of rotatable bonds is 6. The predicted octanol–water partition coefficient (Wildman–Crippen LogP) is 4.48. The Balaban J connectivity index is 1.93. The lowest BCUT2D eigenvalue weighted by molar-refractivity contribution is -0.142. The monoisotopic (exact) mass is 431 g/mol. The molecule has 0 N–H and O–H groups in total. The number of nitrogens with zero attached hydrogens (tertiary/aromatic N) is 5. The highest BCUT2D eigenvalue weighted by Crippen LogP contribution is 2.36. The van der Waals surface area contributed by atoms with Crippen LogP contribution in [0.3, 0.4) is 0 Å². The molecule has 30 heavy (non-hydrogen) atoms. The molecule has 0 unspecified atom stereocenters. The normalized spacial score (nSPS) is 12.2. The molecule has 0 aliphatic carbocycles. The fourth-order valence-corrected chi connectivity index (χ4v) is 2.85. The van der Waals surface area contributed by atoms with Crippen molar-refractivity contribution < 1.29 is 31.1 Å². The van der Waals surface area contributed by atoms with Crippen LogP contribution in [0.15, 0.2) is 37.2 Å². The van der Waals surface area contributed by atoms with Gasteiger partial charge in [-0.2, -0.15) is 36.5 Å². The topological polar surface area (TPSA) is 57.8 Å². The van der Waals surface area contributed by atoms with Crippen molar-refractivity contribution in [1.82, 2.24) is 24.5 Å². The third-order valence-electron chi connectivity index (χ3n) is 4.05. The van der Waals surface area contributed by atoms with Crippen molar-refractivity contribution in [2.75, 3.05) is 0 Å². The summed E-state index contributed by atoms with van der Waals surface area (Å²) in [4.78, 5) is 4.10. The molecule has 0 fully saturated rings. The van der Waals surface area contributed by atoms with E-state index in [1.165, 1.54) is 31.6 Å². The molecule has 3 rings (SSSR count). The molecule has 0 spiro atoms. The van der Waals surface area contributed by atoms with Crippen molar-refractivity contribution >= 4 is 6.08 Å². The molecular formula is C18H15F6N5O. The summed E-state index contributed by atoms with van der Waals surface area (Å²) in [6.07, 6.45) is -5.63. The maximum atomic E-state index is 13.1. The van der Waals surface area contributed by atoms with Gasteiger partial charge in [-0.25, -0.2) is 4.68 Å². The van der Waals surface area contributed by atoms with Crippen LogP contribution >= 0.6 is 0 Å². The van der Waals surface area contributed by atoms with Crippen molar-refractivity contribution in [1.29, 1.82) is 0 Å². The van der Waals surface area contributed by atoms with E-state index in [0.717, 1.165) is 15.4 Å². The van der Waals surface area contributed by atoms with Crippen LogP contribution in [-0.2, 0) is 26.4 Å². The SMILES string of the molecule is C=Cc1c(C(F)(F)F)nn(C)c1OCc1cccnc1-c1ccnn1CC(F)(F)F. The Labute approximate surface area is 166 Å². The van der Waals surface area contributed by atoms with Gasteiger partial charge in [-0.05, 0) is 12.1 Å². The van der Waals surface area contributed by atoms with Crippen molar-refractivity contribution in [3.63, 3.8) is 0 Å². The molecule has 0 bridgehead atoms. The lowest BCUT2D eigenvalue weighted by Crippen LogP contribution is -2.19. The molecule has 0 aliphatic heterocycles. The Kier molecular flexibility index (Phi) is 5.59. The molecule has 0 atom stereocenters. The fraction of sp³-hybridized carbons (Fsp3) is 0.278. The first-order valence-electron chi connectivity index (χ1n) is 8.43. The molecule has 12 heteroatoms. The summed E-state index contributed by atoms with van der Waals surface area (Å²) in [6.45, 7) is 1.79. The van der Waals surface area contributed by atoms with E-state index in [1.54, 1.807) is 6.07 Å². The fourth-order valence-electron chi connectivity index (χ4n) is 2.85. The van der Waals surface area contributed by atoms with Crippen molar-refractivity contribution in [2.24, 2.45) is 7.05 Å². The van der Waals surface area contributed by atoms with E-state index in [4.69, 9.17) is 4.74 Å². The third-order valence-corrected chi connectivity index (χ3v) is 4.05. The van der Waals surface area contributed by atoms with E-state index in [9.17, 15) is 26.3 Å². The first kappa shape index (κ1) is 21.4. The first-order chi connectivity index (χ1) is 14.0. The summed E-state index contributed by atoms with van der Waals surface area (Å²) in [5.41, 5.74) is -0.873. The Hall–Kier alpha value is -3.31. The van der Waals surface area contributed by atoms with E-state index in [0.29, 0.717) is 5.56 Å². The molecule has 3 aromatic rings. The highest BCUT2D eigenvalue weighted by molar-refractivity contribution is 5.59. The molecule has 0 saturated carbocycles. The van der Waals surface area contributed by atoms with Gasteiger partial charge >= 0.3 is 12.4 Å². The average Bonchev–Trinajstić information content (AvgIpc) is 3.22. The minimum atomic E-state index is -4.70. The highest BCUT2D eigenvalue weighted by atomic mass is 19.4. The standard InChI is InChI=1S/C18H15F6N5O/c1-3-12-15(18(22,23)24)27-28(2)16(12)30-9-11-5-4-7-25-14(11)13-6-8-26-29(13)10-17(19,20)21/h3-8H,1,9-10H2,2H3. The van der Waals surface area contributed by atoms with Crippen molar-refractivity contribution in [3.05, 3.63) is 54.0 Å². The molecule has 0 aromatic carbocycles. The van der Waals surface area contributed by atoms with Gasteiger partial charge in [-0.15, -0.1) is 0 Å². The summed E-state index contributed by atoms with van der Waals surface area (Å²) in [5.74, 6) is -0.184. The Bertz CT molecular complexity index is 1050. The minimum absolute atomic E-state index is 0.0939. The number of alkyl halides is 6. The smallest absolute Gasteiger partial charge is 0.435 e. The summed E-state index contributed by atoms with van der Waals surface area (Å²) in [6, 6.07) is 4.44. The molecule has 3 aromatic heterocycles. The van der Waals surface area contributed by atoms with E-state index in [2.05, 4.69) is 21.8 Å². The Morgan fingerprint density at radius 3 is 2.50 bits per heavy atom. The van der Waals surface area contributed by atoms with Crippen LogP contribution in [0.1, 0.15) is 16.8 Å². The number of ether oxygens (including phenoxy) is 1. The molecule has 0 radical (unpaired) electrons. The van der Waals surface area contributed by atoms with Gasteiger partial charge in [0, 0.05) is 25.0 Å². The quantitative estimate of drug-likeness (QED) is 0.540. The minimum Gasteiger partial charge on any atom is -0.472 e. The summed E-state index contributed by atoms with van der Waals surface area (Å²) >= 11 is 0. The van der Waals surface area contributed by atoms with Crippen LogP contribution in [0.2, 0.25) is 0 Å². The maximum absolute atomic E-state index is 13.1. The second kappa shape index (κ2) is 7.84. The number of pyridine rings is 1. The molecule has 0 amide bonds. The van der Waals surface area contributed by atoms with Gasteiger partial charge < -0.3 is 4.74 Å². The molecule has 3 heterocycles. The van der Waals surface area contributed by atoms with E-state index < -0.39 is 24.6 Å². The first-order valence-corrected chi connectivity index (χ1v) is 8.43. The number of aromatic nitrogens is 5. The van der Waals surface area contributed by atoms with Gasteiger partial charge in [0.25, 0.3) is 0 Å². The molecule has 160 valence electrons. The van der Waals surface area contributed by atoms with E-state index in [-0.39, 0.29) is 29.4 Å². The molecule has 0 saturated heterocycles. The molecule has 6 nitrogen and oxygen atoms in total. The van der Waals surface area contributed by atoms with Crippen molar-refractivity contribution in [2.45, 2.75) is 25.5 Å². The van der Waals surface area contributed by atoms with Gasteiger partial charge in [0.05, 0.1) is 17.0 Å². The molecule has 0 aliphatic rings. The zero-order chi connectivity index (χ0) is 22.1. The van der Waals surface area contributed by atoms with Crippen LogP contribution in [-0.4, -0.2) is 30.7 Å². The van der Waals surface area contributed by atoms with Gasteiger partial charge in [0.2, 0.25) is 5.88 Å². The maximum Gasteiger partial charge on any atom is 0.435 e.